The van der Waals surface area contributed by atoms with Gasteiger partial charge >= 0.3 is 6.03 Å². The highest BCUT2D eigenvalue weighted by Crippen LogP contribution is 2.22. The SMILES string of the molecule is CNC(=O)NC(=O)C(C)N1CCCCC1CNC1CC1. The number of hydrogen-bond acceptors (Lipinski definition) is 4. The Kier molecular flexibility index (Phi) is 5.37. The first-order valence-corrected chi connectivity index (χ1v) is 7.63. The van der Waals surface area contributed by atoms with Crippen molar-refractivity contribution in [1.82, 2.24) is 20.9 Å². The zero-order valence-corrected chi connectivity index (χ0v) is 12.4. The van der Waals surface area contributed by atoms with E-state index < -0.39 is 6.03 Å². The molecule has 3 amide bonds. The third-order valence-corrected chi connectivity index (χ3v) is 4.23. The molecule has 2 rings (SSSR count). The smallest absolute Gasteiger partial charge is 0.321 e. The number of carbonyl (C=O) groups excluding carboxylic acids is 2. The van der Waals surface area contributed by atoms with E-state index in [4.69, 9.17) is 0 Å². The average molecular weight is 282 g/mol. The van der Waals surface area contributed by atoms with Crippen LogP contribution in [0.1, 0.15) is 39.0 Å². The lowest BCUT2D eigenvalue weighted by Gasteiger charge is -2.39. The standard InChI is InChI=1S/C14H26N4O2/c1-10(13(19)17-14(20)15-2)18-8-4-3-5-12(18)9-16-11-6-7-11/h10-12,16H,3-9H2,1-2H3,(H2,15,17,19,20). The van der Waals surface area contributed by atoms with E-state index in [0.29, 0.717) is 12.1 Å². The maximum atomic E-state index is 12.1. The van der Waals surface area contributed by atoms with Crippen LogP contribution >= 0.6 is 0 Å². The van der Waals surface area contributed by atoms with E-state index in [1.54, 1.807) is 0 Å². The number of amides is 3. The summed E-state index contributed by atoms with van der Waals surface area (Å²) in [6.07, 6.45) is 6.02. The lowest BCUT2D eigenvalue weighted by molar-refractivity contribution is -0.126. The van der Waals surface area contributed by atoms with E-state index >= 15 is 0 Å². The normalized spacial score (nSPS) is 25.0. The van der Waals surface area contributed by atoms with Crippen molar-refractivity contribution in [3.63, 3.8) is 0 Å². The lowest BCUT2D eigenvalue weighted by Crippen LogP contribution is -2.56. The summed E-state index contributed by atoms with van der Waals surface area (Å²) in [6, 6.07) is 0.383. The van der Waals surface area contributed by atoms with Crippen LogP contribution in [0.5, 0.6) is 0 Å². The number of nitrogens with one attached hydrogen (secondary N) is 3. The molecule has 2 aliphatic rings. The van der Waals surface area contributed by atoms with Crippen LogP contribution in [0.3, 0.4) is 0 Å². The summed E-state index contributed by atoms with van der Waals surface area (Å²) in [5.74, 6) is -0.220. The molecule has 0 aromatic rings. The molecule has 2 unspecified atom stereocenters. The van der Waals surface area contributed by atoms with Gasteiger partial charge in [-0.3, -0.25) is 15.0 Å². The van der Waals surface area contributed by atoms with Crippen molar-refractivity contribution in [2.75, 3.05) is 20.1 Å². The van der Waals surface area contributed by atoms with Gasteiger partial charge in [0.25, 0.3) is 0 Å². The molecule has 1 saturated carbocycles. The van der Waals surface area contributed by atoms with Gasteiger partial charge in [-0.05, 0) is 39.2 Å². The van der Waals surface area contributed by atoms with E-state index in [-0.39, 0.29) is 11.9 Å². The van der Waals surface area contributed by atoms with Gasteiger partial charge in [0, 0.05) is 25.7 Å². The van der Waals surface area contributed by atoms with Gasteiger partial charge in [0.15, 0.2) is 0 Å². The maximum absolute atomic E-state index is 12.1. The second kappa shape index (κ2) is 7.04. The molecule has 20 heavy (non-hydrogen) atoms. The molecule has 1 aliphatic heterocycles. The number of urea groups is 1. The molecule has 3 N–H and O–H groups in total. The second-order valence-electron chi connectivity index (χ2n) is 5.81. The van der Waals surface area contributed by atoms with E-state index in [0.717, 1.165) is 25.9 Å². The largest absolute Gasteiger partial charge is 0.341 e. The molecule has 0 aromatic heterocycles. The summed E-state index contributed by atoms with van der Waals surface area (Å²) in [7, 11) is 1.51. The Morgan fingerprint density at radius 3 is 2.65 bits per heavy atom. The van der Waals surface area contributed by atoms with Crippen molar-refractivity contribution in [3.05, 3.63) is 0 Å². The van der Waals surface area contributed by atoms with Gasteiger partial charge in [0.1, 0.15) is 0 Å². The minimum Gasteiger partial charge on any atom is -0.341 e. The van der Waals surface area contributed by atoms with Crippen LogP contribution in [0.2, 0.25) is 0 Å². The van der Waals surface area contributed by atoms with Crippen molar-refractivity contribution in [1.29, 1.82) is 0 Å². The minimum atomic E-state index is -0.438. The Morgan fingerprint density at radius 1 is 1.25 bits per heavy atom. The van der Waals surface area contributed by atoms with Crippen LogP contribution in [0.15, 0.2) is 0 Å². The number of nitrogens with zero attached hydrogens (tertiary/aromatic N) is 1. The number of imide groups is 1. The Morgan fingerprint density at radius 2 is 2.00 bits per heavy atom. The van der Waals surface area contributed by atoms with Crippen molar-refractivity contribution < 1.29 is 9.59 Å². The predicted octanol–water partition coefficient (Wildman–Crippen LogP) is 0.437. The Hall–Kier alpha value is -1.14. The van der Waals surface area contributed by atoms with Gasteiger partial charge in [0.2, 0.25) is 5.91 Å². The average Bonchev–Trinajstić information content (AvgIpc) is 3.28. The lowest BCUT2D eigenvalue weighted by atomic mass is 9.99. The highest BCUT2D eigenvalue weighted by Gasteiger charge is 2.32. The molecule has 2 fully saturated rings. The van der Waals surface area contributed by atoms with Gasteiger partial charge in [-0.25, -0.2) is 4.79 Å². The fraction of sp³-hybridized carbons (Fsp3) is 0.857. The second-order valence-corrected chi connectivity index (χ2v) is 5.81. The highest BCUT2D eigenvalue weighted by atomic mass is 16.2. The maximum Gasteiger partial charge on any atom is 0.321 e. The summed E-state index contributed by atoms with van der Waals surface area (Å²) < 4.78 is 0. The molecule has 2 atom stereocenters. The third-order valence-electron chi connectivity index (χ3n) is 4.23. The van der Waals surface area contributed by atoms with Crippen molar-refractivity contribution in [3.8, 4) is 0 Å². The Labute approximate surface area is 120 Å². The van der Waals surface area contributed by atoms with E-state index in [9.17, 15) is 9.59 Å². The Balaban J connectivity index is 1.87. The molecule has 1 heterocycles. The highest BCUT2D eigenvalue weighted by molar-refractivity contribution is 5.96. The molecular formula is C14H26N4O2. The van der Waals surface area contributed by atoms with Gasteiger partial charge in [-0.2, -0.15) is 0 Å². The summed E-state index contributed by atoms with van der Waals surface area (Å²) in [4.78, 5) is 25.5. The van der Waals surface area contributed by atoms with Crippen LogP contribution in [-0.2, 0) is 4.79 Å². The molecule has 1 aliphatic carbocycles. The van der Waals surface area contributed by atoms with Crippen molar-refractivity contribution in [2.24, 2.45) is 0 Å². The van der Waals surface area contributed by atoms with Crippen LogP contribution in [0.25, 0.3) is 0 Å². The summed E-state index contributed by atoms with van der Waals surface area (Å²) in [5, 5.41) is 8.33. The Bertz CT molecular complexity index is 357. The van der Waals surface area contributed by atoms with E-state index in [1.165, 1.54) is 26.3 Å². The first kappa shape index (κ1) is 15.3. The third kappa shape index (κ3) is 4.18. The molecule has 0 radical (unpaired) electrons. The number of likely N-dealkylation sites (tertiary alicyclic amines) is 1. The van der Waals surface area contributed by atoms with Crippen LogP contribution in [0, 0.1) is 0 Å². The van der Waals surface area contributed by atoms with E-state index in [1.807, 2.05) is 6.92 Å². The van der Waals surface area contributed by atoms with Crippen molar-refractivity contribution >= 4 is 11.9 Å². The van der Waals surface area contributed by atoms with Gasteiger partial charge < -0.3 is 10.6 Å². The van der Waals surface area contributed by atoms with Crippen LogP contribution < -0.4 is 16.0 Å². The molecule has 114 valence electrons. The van der Waals surface area contributed by atoms with Crippen LogP contribution in [0.4, 0.5) is 4.79 Å². The number of piperidine rings is 1. The molecule has 0 aromatic carbocycles. The number of hydrogen-bond donors (Lipinski definition) is 3. The van der Waals surface area contributed by atoms with Crippen LogP contribution in [-0.4, -0.2) is 55.1 Å². The minimum absolute atomic E-state index is 0.220. The fourth-order valence-electron chi connectivity index (χ4n) is 2.77. The molecule has 0 bridgehead atoms. The zero-order chi connectivity index (χ0) is 14.5. The monoisotopic (exact) mass is 282 g/mol. The van der Waals surface area contributed by atoms with Gasteiger partial charge in [0.05, 0.1) is 6.04 Å². The summed E-state index contributed by atoms with van der Waals surface area (Å²) >= 11 is 0. The quantitative estimate of drug-likeness (QED) is 0.684. The molecule has 6 heteroatoms. The molecule has 0 spiro atoms. The number of carbonyl (C=O) groups is 2. The first-order valence-electron chi connectivity index (χ1n) is 7.63. The number of rotatable bonds is 5. The summed E-state index contributed by atoms with van der Waals surface area (Å²) in [5.41, 5.74) is 0. The predicted molar refractivity (Wildman–Crippen MR) is 77.4 cm³/mol. The van der Waals surface area contributed by atoms with Gasteiger partial charge in [-0.1, -0.05) is 6.42 Å². The molecule has 1 saturated heterocycles. The fourth-order valence-corrected chi connectivity index (χ4v) is 2.77. The van der Waals surface area contributed by atoms with Gasteiger partial charge in [-0.15, -0.1) is 0 Å². The first-order chi connectivity index (χ1) is 9.61. The summed E-state index contributed by atoms with van der Waals surface area (Å²) in [6.45, 7) is 3.76. The topological polar surface area (TPSA) is 73.5 Å². The molecular weight excluding hydrogens is 256 g/mol. The molecule has 6 nitrogen and oxygen atoms in total. The van der Waals surface area contributed by atoms with Crippen molar-refractivity contribution in [2.45, 2.75) is 57.2 Å². The van der Waals surface area contributed by atoms with E-state index in [2.05, 4.69) is 20.9 Å². The zero-order valence-electron chi connectivity index (χ0n) is 12.4.